The summed E-state index contributed by atoms with van der Waals surface area (Å²) in [7, 11) is 0. The third kappa shape index (κ3) is 3.47. The molecule has 3 unspecified atom stereocenters. The van der Waals surface area contributed by atoms with E-state index in [-0.39, 0.29) is 17.6 Å². The number of halogens is 1. The van der Waals surface area contributed by atoms with Crippen molar-refractivity contribution in [1.29, 1.82) is 0 Å². The molecule has 2 N–H and O–H groups in total. The van der Waals surface area contributed by atoms with Gasteiger partial charge < -0.3 is 10.4 Å². The molecule has 0 radical (unpaired) electrons. The molecule has 0 aliphatic heterocycles. The maximum atomic E-state index is 13.3. The van der Waals surface area contributed by atoms with Crippen LogP contribution in [0.3, 0.4) is 0 Å². The second-order valence-electron chi connectivity index (χ2n) is 5.65. The van der Waals surface area contributed by atoms with E-state index in [0.717, 1.165) is 0 Å². The first-order valence-corrected chi connectivity index (χ1v) is 7.36. The molecule has 1 aliphatic rings. The van der Waals surface area contributed by atoms with E-state index in [0.29, 0.717) is 17.5 Å². The minimum absolute atomic E-state index is 0.0205. The van der Waals surface area contributed by atoms with Gasteiger partial charge in [0.2, 0.25) is 0 Å². The number of phenols is 1. The molecule has 0 aromatic heterocycles. The Balaban J connectivity index is 2.07. The zero-order valence-corrected chi connectivity index (χ0v) is 11.8. The summed E-state index contributed by atoms with van der Waals surface area (Å²) in [5, 5.41) is 13.4. The third-order valence-corrected chi connectivity index (χ3v) is 4.35. The van der Waals surface area contributed by atoms with E-state index < -0.39 is 0 Å². The Bertz CT molecular complexity index is 421. The van der Waals surface area contributed by atoms with Gasteiger partial charge >= 0.3 is 0 Å². The van der Waals surface area contributed by atoms with Crippen molar-refractivity contribution in [3.05, 3.63) is 29.6 Å². The fourth-order valence-electron chi connectivity index (χ4n) is 3.20. The summed E-state index contributed by atoms with van der Waals surface area (Å²) < 4.78 is 13.3. The Hall–Kier alpha value is -1.09. The van der Waals surface area contributed by atoms with Crippen molar-refractivity contribution >= 4 is 0 Å². The normalized spacial score (nSPS) is 25.2. The highest BCUT2D eigenvalue weighted by molar-refractivity contribution is 5.34. The van der Waals surface area contributed by atoms with Gasteiger partial charge in [0, 0.05) is 17.6 Å². The summed E-state index contributed by atoms with van der Waals surface area (Å²) in [6.45, 7) is 4.23. The molecule has 3 heteroatoms. The Morgan fingerprint density at radius 2 is 2.11 bits per heavy atom. The van der Waals surface area contributed by atoms with Crippen LogP contribution in [0, 0.1) is 11.7 Å². The number of hydrogen-bond acceptors (Lipinski definition) is 2. The van der Waals surface area contributed by atoms with Crippen molar-refractivity contribution in [2.45, 2.75) is 58.0 Å². The fourth-order valence-corrected chi connectivity index (χ4v) is 3.20. The lowest BCUT2D eigenvalue weighted by atomic mass is 9.82. The summed E-state index contributed by atoms with van der Waals surface area (Å²) in [4.78, 5) is 0. The van der Waals surface area contributed by atoms with Gasteiger partial charge in [0.15, 0.2) is 0 Å². The van der Waals surface area contributed by atoms with E-state index in [9.17, 15) is 9.50 Å². The minimum atomic E-state index is -0.294. The molecule has 1 aromatic rings. The summed E-state index contributed by atoms with van der Waals surface area (Å²) in [5.74, 6) is 0.578. The molecule has 2 nitrogen and oxygen atoms in total. The van der Waals surface area contributed by atoms with Crippen LogP contribution in [0.2, 0.25) is 0 Å². The van der Waals surface area contributed by atoms with E-state index in [1.165, 1.54) is 50.3 Å². The van der Waals surface area contributed by atoms with Gasteiger partial charge in [0.1, 0.15) is 11.6 Å². The van der Waals surface area contributed by atoms with Crippen molar-refractivity contribution < 1.29 is 9.50 Å². The van der Waals surface area contributed by atoms with Gasteiger partial charge in [-0.15, -0.1) is 0 Å². The first-order chi connectivity index (χ1) is 9.11. The molecule has 1 aromatic carbocycles. The lowest BCUT2D eigenvalue weighted by Crippen LogP contribution is -2.39. The van der Waals surface area contributed by atoms with Gasteiger partial charge in [-0.25, -0.2) is 4.39 Å². The zero-order chi connectivity index (χ0) is 13.8. The second kappa shape index (κ2) is 6.38. The lowest BCUT2D eigenvalue weighted by Gasteiger charge is -2.34. The number of aromatic hydroxyl groups is 1. The summed E-state index contributed by atoms with van der Waals surface area (Å²) in [5.41, 5.74) is 0.653. The second-order valence-corrected chi connectivity index (χ2v) is 5.65. The highest BCUT2D eigenvalue weighted by Gasteiger charge is 2.25. The maximum absolute atomic E-state index is 13.3. The molecule has 0 amide bonds. The van der Waals surface area contributed by atoms with E-state index >= 15 is 0 Å². The predicted octanol–water partition coefficient (Wildman–Crippen LogP) is 4.15. The standard InChI is InChI=1S/C16H24FNO/c1-3-12-6-4-5-7-15(12)18-11(2)14-10-13(17)8-9-16(14)19/h8-12,15,18-19H,3-7H2,1-2H3. The molecule has 1 saturated carbocycles. The van der Waals surface area contributed by atoms with Crippen molar-refractivity contribution in [3.63, 3.8) is 0 Å². The zero-order valence-electron chi connectivity index (χ0n) is 11.8. The first kappa shape index (κ1) is 14.3. The Morgan fingerprint density at radius 3 is 2.84 bits per heavy atom. The van der Waals surface area contributed by atoms with Crippen molar-refractivity contribution in [2.75, 3.05) is 0 Å². The fraction of sp³-hybridized carbons (Fsp3) is 0.625. The van der Waals surface area contributed by atoms with Crippen LogP contribution >= 0.6 is 0 Å². The van der Waals surface area contributed by atoms with Gasteiger partial charge in [0.25, 0.3) is 0 Å². The molecule has 0 heterocycles. The van der Waals surface area contributed by atoms with Crippen LogP contribution in [-0.4, -0.2) is 11.1 Å². The summed E-state index contributed by atoms with van der Waals surface area (Å²) >= 11 is 0. The molecule has 0 bridgehead atoms. The molecular weight excluding hydrogens is 241 g/mol. The van der Waals surface area contributed by atoms with Gasteiger partial charge in [-0.2, -0.15) is 0 Å². The van der Waals surface area contributed by atoms with Crippen LogP contribution in [0.15, 0.2) is 18.2 Å². The average molecular weight is 265 g/mol. The van der Waals surface area contributed by atoms with E-state index in [1.54, 1.807) is 0 Å². The molecular formula is C16H24FNO. The van der Waals surface area contributed by atoms with Crippen LogP contribution in [0.5, 0.6) is 5.75 Å². The van der Waals surface area contributed by atoms with Crippen LogP contribution in [0.4, 0.5) is 4.39 Å². The summed E-state index contributed by atoms with van der Waals surface area (Å²) in [6, 6.07) is 4.61. The smallest absolute Gasteiger partial charge is 0.123 e. The van der Waals surface area contributed by atoms with Gasteiger partial charge in [-0.1, -0.05) is 26.2 Å². The monoisotopic (exact) mass is 265 g/mol. The maximum Gasteiger partial charge on any atom is 0.123 e. The predicted molar refractivity (Wildman–Crippen MR) is 75.7 cm³/mol. The van der Waals surface area contributed by atoms with Crippen LogP contribution in [0.25, 0.3) is 0 Å². The highest BCUT2D eigenvalue weighted by atomic mass is 19.1. The number of phenolic OH excluding ortho intramolecular Hbond substituents is 1. The molecule has 0 spiro atoms. The summed E-state index contributed by atoms with van der Waals surface area (Å²) in [6.07, 6.45) is 6.21. The molecule has 1 aliphatic carbocycles. The average Bonchev–Trinajstić information content (AvgIpc) is 2.42. The molecule has 3 atom stereocenters. The number of nitrogens with one attached hydrogen (secondary N) is 1. The van der Waals surface area contributed by atoms with Crippen LogP contribution in [-0.2, 0) is 0 Å². The Kier molecular flexibility index (Phi) is 4.81. The SMILES string of the molecule is CCC1CCCCC1NC(C)c1cc(F)ccc1O. The largest absolute Gasteiger partial charge is 0.508 e. The molecule has 1 fully saturated rings. The third-order valence-electron chi connectivity index (χ3n) is 4.35. The molecule has 2 rings (SSSR count). The van der Waals surface area contributed by atoms with Gasteiger partial charge in [-0.3, -0.25) is 0 Å². The minimum Gasteiger partial charge on any atom is -0.508 e. The number of benzene rings is 1. The van der Waals surface area contributed by atoms with Crippen molar-refractivity contribution in [3.8, 4) is 5.75 Å². The Morgan fingerprint density at radius 1 is 1.37 bits per heavy atom. The quantitative estimate of drug-likeness (QED) is 0.857. The van der Waals surface area contributed by atoms with E-state index in [2.05, 4.69) is 12.2 Å². The molecule has 19 heavy (non-hydrogen) atoms. The molecule has 106 valence electrons. The van der Waals surface area contributed by atoms with Crippen LogP contribution < -0.4 is 5.32 Å². The Labute approximate surface area is 115 Å². The van der Waals surface area contributed by atoms with E-state index in [1.807, 2.05) is 6.92 Å². The lowest BCUT2D eigenvalue weighted by molar-refractivity contribution is 0.239. The topological polar surface area (TPSA) is 32.3 Å². The molecule has 0 saturated heterocycles. The van der Waals surface area contributed by atoms with Gasteiger partial charge in [0.05, 0.1) is 0 Å². The first-order valence-electron chi connectivity index (χ1n) is 7.36. The van der Waals surface area contributed by atoms with Crippen LogP contribution in [0.1, 0.15) is 57.6 Å². The van der Waals surface area contributed by atoms with Gasteiger partial charge in [-0.05, 0) is 43.9 Å². The number of hydrogen-bond donors (Lipinski definition) is 2. The van der Waals surface area contributed by atoms with E-state index in [4.69, 9.17) is 0 Å². The van der Waals surface area contributed by atoms with Crippen molar-refractivity contribution in [1.82, 2.24) is 5.32 Å². The van der Waals surface area contributed by atoms with Crippen molar-refractivity contribution in [2.24, 2.45) is 5.92 Å². The highest BCUT2D eigenvalue weighted by Crippen LogP contribution is 2.31. The number of rotatable bonds is 4.